The fraction of sp³-hybridized carbons (Fsp3) is 0.643. The van der Waals surface area contributed by atoms with E-state index in [0.29, 0.717) is 23.5 Å². The molecule has 4 atom stereocenters. The first-order chi connectivity index (χ1) is 11.5. The van der Waals surface area contributed by atoms with Crippen LogP contribution in [-0.2, 0) is 4.74 Å². The monoisotopic (exact) mass is 357 g/mol. The summed E-state index contributed by atoms with van der Waals surface area (Å²) in [5.41, 5.74) is 6.51. The topological polar surface area (TPSA) is 119 Å². The minimum atomic E-state index is -1.15. The highest BCUT2D eigenvalue weighted by molar-refractivity contribution is 7.99. The van der Waals surface area contributed by atoms with E-state index in [1.807, 2.05) is 0 Å². The molecule has 1 aliphatic heterocycles. The van der Waals surface area contributed by atoms with Crippen LogP contribution in [0.5, 0.6) is 0 Å². The normalized spacial score (nSPS) is 27.2. The maximum Gasteiger partial charge on any atom is 0.310 e. The van der Waals surface area contributed by atoms with E-state index in [1.54, 1.807) is 18.7 Å². The number of nitrogens with two attached hydrogens (primary N) is 1. The zero-order chi connectivity index (χ0) is 17.3. The minimum Gasteiger partial charge on any atom is -0.387 e. The number of aliphatic hydroxyl groups excluding tert-OH is 2. The Balaban J connectivity index is 1.80. The van der Waals surface area contributed by atoms with Crippen molar-refractivity contribution in [1.82, 2.24) is 19.5 Å². The summed E-state index contributed by atoms with van der Waals surface area (Å²) in [7, 11) is 0. The van der Waals surface area contributed by atoms with Crippen molar-refractivity contribution < 1.29 is 19.3 Å². The van der Waals surface area contributed by atoms with Crippen LogP contribution >= 0.6 is 11.8 Å². The van der Waals surface area contributed by atoms with Gasteiger partial charge in [0.1, 0.15) is 17.7 Å². The fourth-order valence-corrected chi connectivity index (χ4v) is 3.74. The Bertz CT molecular complexity index is 715. The Labute approximate surface area is 142 Å². The third-order valence-electron chi connectivity index (χ3n) is 3.95. The van der Waals surface area contributed by atoms with E-state index in [2.05, 4.69) is 15.0 Å². The van der Waals surface area contributed by atoms with Gasteiger partial charge in [-0.3, -0.25) is 4.57 Å². The maximum absolute atomic E-state index is 13.5. The molecule has 3 heterocycles. The van der Waals surface area contributed by atoms with Gasteiger partial charge in [-0.05, 0) is 25.6 Å². The van der Waals surface area contributed by atoms with Gasteiger partial charge in [0, 0.05) is 5.75 Å². The smallest absolute Gasteiger partial charge is 0.310 e. The SMILES string of the molecule is Cc1nc(F)nc2c1ncn2[C@@H]1O[C@H](CSCCCN)[C@@H](O)[C@H]1O. The number of nitrogens with zero attached hydrogens (tertiary/aromatic N) is 4. The first-order valence-electron chi connectivity index (χ1n) is 7.69. The average molecular weight is 357 g/mol. The Hall–Kier alpha value is -1.33. The van der Waals surface area contributed by atoms with E-state index in [-0.39, 0.29) is 5.65 Å². The molecule has 0 spiro atoms. The average Bonchev–Trinajstić information content (AvgIpc) is 3.07. The third kappa shape index (κ3) is 3.24. The molecule has 4 N–H and O–H groups in total. The number of aryl methyl sites for hydroxylation is 1. The molecule has 24 heavy (non-hydrogen) atoms. The molecule has 2 aromatic heterocycles. The quantitative estimate of drug-likeness (QED) is 0.487. The second-order valence-electron chi connectivity index (χ2n) is 5.67. The number of aromatic nitrogens is 4. The molecule has 3 rings (SSSR count). The van der Waals surface area contributed by atoms with Crippen LogP contribution in [0, 0.1) is 13.0 Å². The molecule has 132 valence electrons. The van der Waals surface area contributed by atoms with Crippen molar-refractivity contribution in [3.63, 3.8) is 0 Å². The second-order valence-corrected chi connectivity index (χ2v) is 6.82. The molecule has 0 aromatic carbocycles. The van der Waals surface area contributed by atoms with E-state index in [0.717, 1.165) is 12.2 Å². The van der Waals surface area contributed by atoms with E-state index in [1.165, 1.54) is 10.9 Å². The van der Waals surface area contributed by atoms with Gasteiger partial charge < -0.3 is 20.7 Å². The molecule has 10 heteroatoms. The van der Waals surface area contributed by atoms with Gasteiger partial charge in [0.05, 0.1) is 18.1 Å². The molecule has 2 aromatic rings. The van der Waals surface area contributed by atoms with Gasteiger partial charge in [-0.15, -0.1) is 0 Å². The number of aliphatic hydroxyl groups is 2. The van der Waals surface area contributed by atoms with E-state index < -0.39 is 30.6 Å². The third-order valence-corrected chi connectivity index (χ3v) is 5.10. The summed E-state index contributed by atoms with van der Waals surface area (Å²) in [6, 6.07) is 0. The standard InChI is InChI=1S/C14H20FN5O3S/c1-7-9-12(19-14(15)18-7)20(6-17-9)13-11(22)10(21)8(23-13)5-24-4-2-3-16/h6,8,10-11,13,21-22H,2-5,16H2,1H3/t8-,10-,11-,13-/m1/s1. The summed E-state index contributed by atoms with van der Waals surface area (Å²) in [5, 5.41) is 20.5. The summed E-state index contributed by atoms with van der Waals surface area (Å²) in [4.78, 5) is 11.5. The molecule has 8 nitrogen and oxygen atoms in total. The number of thioether (sulfide) groups is 1. The summed E-state index contributed by atoms with van der Waals surface area (Å²) in [6.07, 6.45) is -2.18. The molecule has 0 aliphatic carbocycles. The van der Waals surface area contributed by atoms with Crippen LogP contribution < -0.4 is 5.73 Å². The van der Waals surface area contributed by atoms with Crippen molar-refractivity contribution in [2.75, 3.05) is 18.1 Å². The van der Waals surface area contributed by atoms with Gasteiger partial charge in [-0.2, -0.15) is 21.1 Å². The Kier molecular flexibility index (Phi) is 5.30. The van der Waals surface area contributed by atoms with Gasteiger partial charge in [-0.1, -0.05) is 0 Å². The van der Waals surface area contributed by atoms with Crippen LogP contribution in [0.1, 0.15) is 18.3 Å². The molecule has 0 saturated carbocycles. The second kappa shape index (κ2) is 7.28. The molecule has 0 bridgehead atoms. The van der Waals surface area contributed by atoms with Crippen LogP contribution in [-0.4, -0.2) is 66.1 Å². The van der Waals surface area contributed by atoms with Gasteiger partial charge >= 0.3 is 6.08 Å². The predicted octanol–water partition coefficient (Wildman–Crippen LogP) is -0.0250. The first kappa shape index (κ1) is 17.5. The zero-order valence-corrected chi connectivity index (χ0v) is 14.0. The van der Waals surface area contributed by atoms with Crippen molar-refractivity contribution in [2.45, 2.75) is 37.9 Å². The summed E-state index contributed by atoms with van der Waals surface area (Å²) in [6.45, 7) is 2.24. The van der Waals surface area contributed by atoms with E-state index >= 15 is 0 Å². The number of ether oxygens (including phenoxy) is 1. The Morgan fingerprint density at radius 3 is 2.92 bits per heavy atom. The Morgan fingerprint density at radius 2 is 2.17 bits per heavy atom. The van der Waals surface area contributed by atoms with Gasteiger partial charge in [0.15, 0.2) is 11.9 Å². The molecular weight excluding hydrogens is 337 g/mol. The number of hydrogen-bond donors (Lipinski definition) is 3. The van der Waals surface area contributed by atoms with Crippen molar-refractivity contribution in [1.29, 1.82) is 0 Å². The summed E-state index contributed by atoms with van der Waals surface area (Å²) in [5.74, 6) is 1.39. The van der Waals surface area contributed by atoms with E-state index in [4.69, 9.17) is 10.5 Å². The number of fused-ring (bicyclic) bond motifs is 1. The van der Waals surface area contributed by atoms with Gasteiger partial charge in [0.25, 0.3) is 0 Å². The first-order valence-corrected chi connectivity index (χ1v) is 8.84. The van der Waals surface area contributed by atoms with Crippen LogP contribution in [0.25, 0.3) is 11.2 Å². The molecule has 0 amide bonds. The molecule has 1 fully saturated rings. The number of imidazole rings is 1. The van der Waals surface area contributed by atoms with Crippen LogP contribution in [0.3, 0.4) is 0 Å². The van der Waals surface area contributed by atoms with Crippen LogP contribution in [0.2, 0.25) is 0 Å². The lowest BCUT2D eigenvalue weighted by atomic mass is 10.1. The molecule has 1 saturated heterocycles. The number of halogens is 1. The van der Waals surface area contributed by atoms with Crippen molar-refractivity contribution in [3.05, 3.63) is 18.1 Å². The maximum atomic E-state index is 13.5. The highest BCUT2D eigenvalue weighted by Crippen LogP contribution is 2.33. The van der Waals surface area contributed by atoms with Gasteiger partial charge in [0.2, 0.25) is 0 Å². The summed E-state index contributed by atoms with van der Waals surface area (Å²) >= 11 is 1.60. The molecular formula is C14H20FN5O3S. The highest BCUT2D eigenvalue weighted by Gasteiger charge is 2.44. The summed E-state index contributed by atoms with van der Waals surface area (Å²) < 4.78 is 20.7. The number of hydrogen-bond acceptors (Lipinski definition) is 8. The van der Waals surface area contributed by atoms with E-state index in [9.17, 15) is 14.6 Å². The van der Waals surface area contributed by atoms with Crippen molar-refractivity contribution >= 4 is 22.9 Å². The van der Waals surface area contributed by atoms with Crippen molar-refractivity contribution in [3.8, 4) is 0 Å². The molecule has 0 radical (unpaired) electrons. The molecule has 1 aliphatic rings. The predicted molar refractivity (Wildman–Crippen MR) is 86.9 cm³/mol. The lowest BCUT2D eigenvalue weighted by molar-refractivity contribution is -0.0289. The largest absolute Gasteiger partial charge is 0.387 e. The Morgan fingerprint density at radius 1 is 1.38 bits per heavy atom. The zero-order valence-electron chi connectivity index (χ0n) is 13.2. The van der Waals surface area contributed by atoms with Crippen LogP contribution in [0.15, 0.2) is 6.33 Å². The highest BCUT2D eigenvalue weighted by atomic mass is 32.2. The molecule has 0 unspecified atom stereocenters. The van der Waals surface area contributed by atoms with Crippen molar-refractivity contribution in [2.24, 2.45) is 5.73 Å². The lowest BCUT2D eigenvalue weighted by Gasteiger charge is -2.16. The number of rotatable bonds is 6. The minimum absolute atomic E-state index is 0.229. The lowest BCUT2D eigenvalue weighted by Crippen LogP contribution is -2.32. The van der Waals surface area contributed by atoms with Crippen LogP contribution in [0.4, 0.5) is 4.39 Å². The van der Waals surface area contributed by atoms with Gasteiger partial charge in [-0.25, -0.2) is 9.97 Å². The fourth-order valence-electron chi connectivity index (χ4n) is 2.69.